The maximum atomic E-state index is 11.4. The van der Waals surface area contributed by atoms with Gasteiger partial charge in [-0.25, -0.2) is 4.79 Å². The number of carbonyl (C=O) groups is 2. The van der Waals surface area contributed by atoms with E-state index in [0.29, 0.717) is 11.7 Å². The molecule has 0 aliphatic carbocycles. The van der Waals surface area contributed by atoms with Gasteiger partial charge in [0.1, 0.15) is 0 Å². The zero-order valence-electron chi connectivity index (χ0n) is 11.2. The van der Waals surface area contributed by atoms with Crippen LogP contribution in [-0.4, -0.2) is 50.6 Å². The molecule has 2 rings (SSSR count). The quantitative estimate of drug-likeness (QED) is 0.149. The second-order valence-corrected chi connectivity index (χ2v) is 6.13. The molecule has 2 saturated heterocycles. The van der Waals surface area contributed by atoms with Crippen LogP contribution in [0.1, 0.15) is 25.7 Å². The summed E-state index contributed by atoms with van der Waals surface area (Å²) < 4.78 is 0. The van der Waals surface area contributed by atoms with Gasteiger partial charge in [0.05, 0.1) is 12.1 Å². The molecule has 0 spiro atoms. The van der Waals surface area contributed by atoms with E-state index >= 15 is 0 Å². The molecule has 21 heavy (non-hydrogen) atoms. The molecule has 2 aliphatic heterocycles. The highest BCUT2D eigenvalue weighted by Gasteiger charge is 2.42. The van der Waals surface area contributed by atoms with E-state index in [0.717, 1.165) is 18.6 Å². The number of hydrogen-bond acceptors (Lipinski definition) is 8. The molecule has 2 fully saturated rings. The number of hydrogen-bond donors (Lipinski definition) is 6. The smallest absolute Gasteiger partial charge is 0.315 e. The largest absolute Gasteiger partial charge is 0.332 e. The van der Waals surface area contributed by atoms with Gasteiger partial charge in [-0.3, -0.25) is 15.2 Å². The predicted molar refractivity (Wildman–Crippen MR) is 71.7 cm³/mol. The van der Waals surface area contributed by atoms with Crippen LogP contribution >= 0.6 is 11.8 Å². The van der Waals surface area contributed by atoms with Crippen molar-refractivity contribution >= 4 is 23.7 Å². The lowest BCUT2D eigenvalue weighted by molar-refractivity contribution is -0.288. The van der Waals surface area contributed by atoms with Crippen molar-refractivity contribution in [2.75, 3.05) is 5.75 Å². The summed E-state index contributed by atoms with van der Waals surface area (Å²) >= 11 is 1.82. The van der Waals surface area contributed by atoms with Gasteiger partial charge < -0.3 is 10.6 Å². The minimum Gasteiger partial charge on any atom is -0.332 e. The predicted octanol–water partition coefficient (Wildman–Crippen LogP) is -0.740. The number of nitrogens with zero attached hydrogens (tertiary/aromatic N) is 1. The lowest BCUT2D eigenvalue weighted by atomic mass is 10.0. The molecule has 0 saturated carbocycles. The van der Waals surface area contributed by atoms with Crippen molar-refractivity contribution in [2.24, 2.45) is 0 Å². The van der Waals surface area contributed by atoms with Crippen LogP contribution in [0.5, 0.6) is 0 Å². The number of unbranched alkanes of at least 4 members (excludes halogenated alkanes) is 1. The van der Waals surface area contributed by atoms with E-state index in [2.05, 4.69) is 15.6 Å². The summed E-state index contributed by atoms with van der Waals surface area (Å²) in [6, 6.07) is 0.262. The molecule has 6 N–H and O–H groups in total. The first kappa shape index (κ1) is 16.3. The van der Waals surface area contributed by atoms with E-state index < -0.39 is 5.91 Å². The standard InChI is InChI=1S/C10H19N5O5S/c16-8(15(19)13-20-14-18)4-2-1-3-7-9-6(5-21-7)11-10(17)12-9/h6-7,9,13-14,18-19H,1-5H2,(H2,11,12,17)/t6-,7-,9-/m0/s1. The average molecular weight is 321 g/mol. The number of hydrazine groups is 1. The zero-order valence-corrected chi connectivity index (χ0v) is 12.1. The summed E-state index contributed by atoms with van der Waals surface area (Å²) in [5.74, 6) is 0.338. The lowest BCUT2D eigenvalue weighted by Crippen LogP contribution is -2.42. The first-order chi connectivity index (χ1) is 10.1. The number of nitrogens with one attached hydrogen (secondary N) is 4. The third-order valence-corrected chi connectivity index (χ3v) is 4.99. The fraction of sp³-hybridized carbons (Fsp3) is 0.800. The summed E-state index contributed by atoms with van der Waals surface area (Å²) in [6.45, 7) is 0. The van der Waals surface area contributed by atoms with E-state index in [1.165, 1.54) is 5.64 Å². The van der Waals surface area contributed by atoms with E-state index in [9.17, 15) is 9.59 Å². The Bertz CT molecular complexity index is 387. The van der Waals surface area contributed by atoms with Crippen molar-refractivity contribution in [3.05, 3.63) is 0 Å². The summed E-state index contributed by atoms with van der Waals surface area (Å²) in [5, 5.41) is 23.6. The summed E-state index contributed by atoms with van der Waals surface area (Å²) in [5.41, 5.74) is 3.04. The van der Waals surface area contributed by atoms with Gasteiger partial charge in [-0.15, -0.1) is 5.17 Å². The van der Waals surface area contributed by atoms with Crippen molar-refractivity contribution < 1.29 is 24.9 Å². The van der Waals surface area contributed by atoms with Gasteiger partial charge in [-0.05, 0) is 12.8 Å². The first-order valence-corrected chi connectivity index (χ1v) is 7.67. The number of rotatable bonds is 8. The van der Waals surface area contributed by atoms with Crippen LogP contribution in [-0.2, 0) is 9.73 Å². The number of thioether (sulfide) groups is 1. The Morgan fingerprint density at radius 1 is 1.48 bits per heavy atom. The molecule has 2 heterocycles. The molecule has 0 aromatic carbocycles. The fourth-order valence-electron chi connectivity index (χ4n) is 2.49. The van der Waals surface area contributed by atoms with Gasteiger partial charge in [0.25, 0.3) is 5.91 Å². The molecule has 10 nitrogen and oxygen atoms in total. The van der Waals surface area contributed by atoms with E-state index in [1.807, 2.05) is 11.8 Å². The molecule has 0 aromatic heterocycles. The van der Waals surface area contributed by atoms with Crippen LogP contribution in [0.15, 0.2) is 0 Å². The van der Waals surface area contributed by atoms with Crippen LogP contribution in [0.3, 0.4) is 0 Å². The molecular weight excluding hydrogens is 302 g/mol. The number of fused-ring (bicyclic) bond motifs is 1. The van der Waals surface area contributed by atoms with Crippen molar-refractivity contribution in [1.29, 1.82) is 0 Å². The fourth-order valence-corrected chi connectivity index (χ4v) is 4.03. The Hall–Kier alpha value is -1.11. The molecule has 2 aliphatic rings. The van der Waals surface area contributed by atoms with Crippen molar-refractivity contribution in [3.63, 3.8) is 0 Å². The molecule has 0 unspecified atom stereocenters. The Morgan fingerprint density at radius 2 is 2.29 bits per heavy atom. The van der Waals surface area contributed by atoms with Crippen LogP contribution in [0, 0.1) is 0 Å². The summed E-state index contributed by atoms with van der Waals surface area (Å²) in [4.78, 5) is 26.7. The van der Waals surface area contributed by atoms with Crippen LogP contribution < -0.4 is 21.9 Å². The number of amides is 3. The molecular formula is C10H19N5O5S. The average Bonchev–Trinajstić information content (AvgIpc) is 3.00. The Kier molecular flexibility index (Phi) is 6.02. The Morgan fingerprint density at radius 3 is 3.05 bits per heavy atom. The second-order valence-electron chi connectivity index (χ2n) is 4.86. The van der Waals surface area contributed by atoms with Gasteiger partial charge in [0.2, 0.25) is 0 Å². The monoisotopic (exact) mass is 321 g/mol. The minimum atomic E-state index is -0.571. The zero-order chi connectivity index (χ0) is 15.2. The van der Waals surface area contributed by atoms with Crippen LogP contribution in [0.2, 0.25) is 0 Å². The maximum Gasteiger partial charge on any atom is 0.315 e. The van der Waals surface area contributed by atoms with E-state index in [4.69, 9.17) is 10.4 Å². The van der Waals surface area contributed by atoms with E-state index in [-0.39, 0.29) is 29.7 Å². The molecule has 0 radical (unpaired) electrons. The van der Waals surface area contributed by atoms with Gasteiger partial charge in [-0.1, -0.05) is 17.7 Å². The van der Waals surface area contributed by atoms with Gasteiger partial charge >= 0.3 is 6.03 Å². The summed E-state index contributed by atoms with van der Waals surface area (Å²) in [7, 11) is 0. The van der Waals surface area contributed by atoms with Crippen LogP contribution in [0.25, 0.3) is 0 Å². The SMILES string of the molecule is O=C1N[C@H]2[C@H](CS[C@H]2CCCCC(=O)N(O)NONO)N1. The highest BCUT2D eigenvalue weighted by molar-refractivity contribution is 8.00. The van der Waals surface area contributed by atoms with Gasteiger partial charge in [0, 0.05) is 17.4 Å². The number of urea groups is 1. The molecule has 11 heteroatoms. The first-order valence-electron chi connectivity index (χ1n) is 6.63. The molecule has 3 atom stereocenters. The molecule has 0 aromatic rings. The topological polar surface area (TPSA) is 135 Å². The third kappa shape index (κ3) is 4.43. The third-order valence-electron chi connectivity index (χ3n) is 3.48. The number of carbonyl (C=O) groups excluding carboxylic acids is 2. The molecule has 0 bridgehead atoms. The lowest BCUT2D eigenvalue weighted by Gasteiger charge is -2.17. The van der Waals surface area contributed by atoms with Gasteiger partial charge in [-0.2, -0.15) is 16.7 Å². The normalized spacial score (nSPS) is 27.1. The Labute approximate surface area is 125 Å². The van der Waals surface area contributed by atoms with Gasteiger partial charge in [0.15, 0.2) is 0 Å². The number of hydroxylamine groups is 1. The highest BCUT2D eigenvalue weighted by atomic mass is 32.2. The molecule has 3 amide bonds. The Balaban J connectivity index is 1.59. The highest BCUT2D eigenvalue weighted by Crippen LogP contribution is 2.33. The molecule has 120 valence electrons. The minimum absolute atomic E-state index is 0.107. The summed E-state index contributed by atoms with van der Waals surface area (Å²) in [6.07, 6.45) is 2.47. The van der Waals surface area contributed by atoms with Crippen molar-refractivity contribution in [3.8, 4) is 0 Å². The van der Waals surface area contributed by atoms with E-state index in [1.54, 1.807) is 5.59 Å². The second kappa shape index (κ2) is 7.77. The maximum absolute atomic E-state index is 11.4. The van der Waals surface area contributed by atoms with Crippen LogP contribution in [0.4, 0.5) is 4.79 Å². The van der Waals surface area contributed by atoms with Crippen molar-refractivity contribution in [1.82, 2.24) is 27.0 Å². The van der Waals surface area contributed by atoms with Crippen molar-refractivity contribution in [2.45, 2.75) is 43.0 Å².